The number of nitriles is 1. The van der Waals surface area contributed by atoms with Gasteiger partial charge in [-0.15, -0.1) is 0 Å². The van der Waals surface area contributed by atoms with E-state index in [0.29, 0.717) is 11.1 Å². The van der Waals surface area contributed by atoms with Gasteiger partial charge >= 0.3 is 5.97 Å². The fraction of sp³-hybridized carbons (Fsp3) is 0.333. The van der Waals surface area contributed by atoms with Crippen molar-refractivity contribution in [3.63, 3.8) is 0 Å². The topological polar surface area (TPSA) is 144 Å². The molecule has 8 nitrogen and oxygen atoms in total. The largest absolute Gasteiger partial charge is 0.463 e. The molecule has 8 heteroatoms. The van der Waals surface area contributed by atoms with E-state index in [9.17, 15) is 20.1 Å². The summed E-state index contributed by atoms with van der Waals surface area (Å²) >= 11 is 0. The van der Waals surface area contributed by atoms with Crippen LogP contribution in [0.15, 0.2) is 34.7 Å². The van der Waals surface area contributed by atoms with Gasteiger partial charge in [-0.25, -0.2) is 4.79 Å². The second-order valence-electron chi connectivity index (χ2n) is 5.69. The number of nitrogens with zero attached hydrogens (tertiary/aromatic N) is 1. The number of furan rings is 1. The summed E-state index contributed by atoms with van der Waals surface area (Å²) in [5, 5.41) is 46.6. The molecule has 0 saturated heterocycles. The van der Waals surface area contributed by atoms with Gasteiger partial charge in [0.1, 0.15) is 42.0 Å². The third-order valence-electron chi connectivity index (χ3n) is 3.81. The Morgan fingerprint density at radius 1 is 1.27 bits per heavy atom. The first-order valence-electron chi connectivity index (χ1n) is 7.79. The fourth-order valence-corrected chi connectivity index (χ4v) is 2.24. The van der Waals surface area contributed by atoms with Crippen molar-refractivity contribution < 1.29 is 34.4 Å². The van der Waals surface area contributed by atoms with Gasteiger partial charge in [0.25, 0.3) is 0 Å². The number of hydrogen-bond donors (Lipinski definition) is 4. The van der Waals surface area contributed by atoms with Crippen LogP contribution in [0.2, 0.25) is 0 Å². The molecule has 0 spiro atoms. The van der Waals surface area contributed by atoms with Gasteiger partial charge in [-0.05, 0) is 30.7 Å². The second kappa shape index (κ2) is 8.60. The quantitative estimate of drug-likeness (QED) is 0.524. The molecule has 1 heterocycles. The summed E-state index contributed by atoms with van der Waals surface area (Å²) in [5.41, 5.74) is 1.26. The lowest BCUT2D eigenvalue weighted by Gasteiger charge is -2.19. The van der Waals surface area contributed by atoms with Crippen molar-refractivity contribution in [2.75, 3.05) is 6.61 Å². The van der Waals surface area contributed by atoms with E-state index >= 15 is 0 Å². The zero-order valence-corrected chi connectivity index (χ0v) is 14.0. The van der Waals surface area contributed by atoms with E-state index in [1.807, 2.05) is 6.07 Å². The summed E-state index contributed by atoms with van der Waals surface area (Å²) in [7, 11) is 0. The van der Waals surface area contributed by atoms with Crippen molar-refractivity contribution in [2.45, 2.75) is 31.8 Å². The van der Waals surface area contributed by atoms with Crippen LogP contribution < -0.4 is 0 Å². The van der Waals surface area contributed by atoms with Gasteiger partial charge in [0.05, 0.1) is 18.2 Å². The maximum atomic E-state index is 12.2. The minimum absolute atomic E-state index is 0.0150. The number of carbonyl (C=O) groups excluding carboxylic acids is 1. The minimum Gasteiger partial charge on any atom is -0.463 e. The first-order chi connectivity index (χ1) is 12.4. The number of carbonyl (C=O) groups is 1. The molecule has 1 aromatic heterocycles. The Bertz CT molecular complexity index is 791. The van der Waals surface area contributed by atoms with Crippen LogP contribution in [0.5, 0.6) is 0 Å². The maximum Gasteiger partial charge on any atom is 0.342 e. The first-order valence-corrected chi connectivity index (χ1v) is 7.79. The van der Waals surface area contributed by atoms with Gasteiger partial charge in [-0.1, -0.05) is 12.1 Å². The van der Waals surface area contributed by atoms with Crippen molar-refractivity contribution in [3.8, 4) is 6.07 Å². The van der Waals surface area contributed by atoms with E-state index < -0.39 is 30.9 Å². The van der Waals surface area contributed by atoms with Crippen LogP contribution in [0.4, 0.5) is 0 Å². The molecule has 0 unspecified atom stereocenters. The lowest BCUT2D eigenvalue weighted by Crippen LogP contribution is -2.34. The van der Waals surface area contributed by atoms with Gasteiger partial charge in [0.15, 0.2) is 0 Å². The number of ether oxygens (including phenoxy) is 1. The second-order valence-corrected chi connectivity index (χ2v) is 5.69. The molecule has 0 aliphatic heterocycles. The monoisotopic (exact) mass is 361 g/mol. The zero-order chi connectivity index (χ0) is 19.3. The highest BCUT2D eigenvalue weighted by Crippen LogP contribution is 2.25. The Balaban J connectivity index is 2.05. The number of hydrogen-bond acceptors (Lipinski definition) is 8. The number of benzene rings is 1. The highest BCUT2D eigenvalue weighted by atomic mass is 16.5. The Morgan fingerprint density at radius 2 is 1.92 bits per heavy atom. The number of aliphatic hydroxyl groups excluding tert-OH is 4. The van der Waals surface area contributed by atoms with Crippen LogP contribution >= 0.6 is 0 Å². The fourth-order valence-electron chi connectivity index (χ4n) is 2.24. The van der Waals surface area contributed by atoms with E-state index in [-0.39, 0.29) is 23.7 Å². The minimum atomic E-state index is -1.67. The van der Waals surface area contributed by atoms with Gasteiger partial charge in [-0.2, -0.15) is 5.26 Å². The highest BCUT2D eigenvalue weighted by Gasteiger charge is 2.29. The van der Waals surface area contributed by atoms with Crippen molar-refractivity contribution in [3.05, 3.63) is 58.5 Å². The van der Waals surface area contributed by atoms with Crippen LogP contribution in [0.25, 0.3) is 0 Å². The van der Waals surface area contributed by atoms with Crippen molar-refractivity contribution in [2.24, 2.45) is 0 Å². The summed E-state index contributed by atoms with van der Waals surface area (Å²) < 4.78 is 10.4. The van der Waals surface area contributed by atoms with E-state index in [0.717, 1.165) is 0 Å². The Morgan fingerprint density at radius 3 is 2.50 bits per heavy atom. The van der Waals surface area contributed by atoms with Gasteiger partial charge in [-0.3, -0.25) is 0 Å². The molecule has 1 aromatic carbocycles. The normalized spacial score (nSPS) is 14.3. The molecule has 2 rings (SSSR count). The molecule has 0 fully saturated rings. The van der Waals surface area contributed by atoms with E-state index in [1.165, 1.54) is 13.0 Å². The molecule has 2 aromatic rings. The molecular formula is C18H19NO7. The predicted octanol–water partition coefficient (Wildman–Crippen LogP) is 0.564. The van der Waals surface area contributed by atoms with Gasteiger partial charge in [0.2, 0.25) is 0 Å². The summed E-state index contributed by atoms with van der Waals surface area (Å²) in [6, 6.07) is 9.74. The first kappa shape index (κ1) is 19.6. The Labute approximate surface area is 149 Å². The van der Waals surface area contributed by atoms with Crippen LogP contribution in [-0.2, 0) is 11.3 Å². The lowest BCUT2D eigenvalue weighted by molar-refractivity contribution is -0.0837. The maximum absolute atomic E-state index is 12.2. The van der Waals surface area contributed by atoms with Crippen molar-refractivity contribution in [1.29, 1.82) is 5.26 Å². The Kier molecular flexibility index (Phi) is 6.49. The molecule has 0 radical (unpaired) electrons. The summed E-state index contributed by atoms with van der Waals surface area (Å²) in [5.74, 6) is -0.645. The van der Waals surface area contributed by atoms with Crippen LogP contribution in [0.3, 0.4) is 0 Å². The van der Waals surface area contributed by atoms with Crippen molar-refractivity contribution >= 4 is 5.97 Å². The molecule has 3 atom stereocenters. The molecule has 0 aliphatic carbocycles. The molecule has 0 amide bonds. The summed E-state index contributed by atoms with van der Waals surface area (Å²) in [6.45, 7) is 0.736. The molecular weight excluding hydrogens is 342 g/mol. The molecule has 138 valence electrons. The van der Waals surface area contributed by atoms with Crippen molar-refractivity contribution in [1.82, 2.24) is 0 Å². The van der Waals surface area contributed by atoms with E-state index in [1.54, 1.807) is 24.3 Å². The highest BCUT2D eigenvalue weighted by molar-refractivity contribution is 5.90. The Hall–Kier alpha value is -2.70. The van der Waals surface area contributed by atoms with Crippen LogP contribution in [-0.4, -0.2) is 45.2 Å². The predicted molar refractivity (Wildman–Crippen MR) is 87.8 cm³/mol. The standard InChI is InChI=1S/C18H19NO7/c1-10-13(6-15(26-10)17(23)16(22)14(21)8-20)18(24)25-9-12-4-2-11(7-19)3-5-12/h2-6,14,16-17,20-23H,8-9H2,1H3/t14-,16+,17-/m0/s1. The smallest absolute Gasteiger partial charge is 0.342 e. The van der Waals surface area contributed by atoms with Gasteiger partial charge < -0.3 is 29.6 Å². The molecule has 0 bridgehead atoms. The zero-order valence-electron chi connectivity index (χ0n) is 14.0. The number of aryl methyl sites for hydroxylation is 1. The van der Waals surface area contributed by atoms with Gasteiger partial charge in [0, 0.05) is 0 Å². The van der Waals surface area contributed by atoms with Crippen LogP contribution in [0.1, 0.15) is 39.1 Å². The van der Waals surface area contributed by atoms with E-state index in [4.69, 9.17) is 19.5 Å². The average Bonchev–Trinajstić information content (AvgIpc) is 3.06. The number of rotatable bonds is 7. The third-order valence-corrected chi connectivity index (χ3v) is 3.81. The molecule has 4 N–H and O–H groups in total. The molecule has 0 aliphatic rings. The molecule has 0 saturated carbocycles. The van der Waals surface area contributed by atoms with E-state index in [2.05, 4.69) is 0 Å². The molecule has 26 heavy (non-hydrogen) atoms. The lowest BCUT2D eigenvalue weighted by atomic mass is 10.1. The SMILES string of the molecule is Cc1oc([C@H](O)[C@H](O)[C@@H](O)CO)cc1C(=O)OCc1ccc(C#N)cc1. The number of esters is 1. The number of aliphatic hydroxyl groups is 4. The summed E-state index contributed by atoms with van der Waals surface area (Å²) in [4.78, 5) is 12.2. The average molecular weight is 361 g/mol. The third kappa shape index (κ3) is 4.47. The van der Waals surface area contributed by atoms with Crippen LogP contribution in [0, 0.1) is 18.3 Å². The summed E-state index contributed by atoms with van der Waals surface area (Å²) in [6.07, 6.45) is -4.84.